The number of nitrogens with one attached hydrogen (secondary N) is 1. The number of H-pyrrole nitrogens is 1. The summed E-state index contributed by atoms with van der Waals surface area (Å²) in [6, 6.07) is 5.21. The van der Waals surface area contributed by atoms with E-state index >= 15 is 0 Å². The van der Waals surface area contributed by atoms with Crippen LogP contribution in [-0.2, 0) is 16.0 Å². The Morgan fingerprint density at radius 2 is 2.28 bits per heavy atom. The van der Waals surface area contributed by atoms with E-state index in [1.54, 1.807) is 25.1 Å². The Morgan fingerprint density at radius 1 is 1.50 bits per heavy atom. The summed E-state index contributed by atoms with van der Waals surface area (Å²) in [6.07, 6.45) is -0.0327. The zero-order valence-corrected chi connectivity index (χ0v) is 11.3. The Bertz CT molecular complexity index is 651. The Labute approximate surface area is 111 Å². The number of benzene rings is 1. The van der Waals surface area contributed by atoms with Crippen LogP contribution in [0.1, 0.15) is 12.7 Å². The second-order valence-electron chi connectivity index (χ2n) is 3.66. The minimum Gasteiger partial charge on any atom is -0.466 e. The number of rotatable bonds is 3. The third kappa shape index (κ3) is 2.76. The van der Waals surface area contributed by atoms with E-state index in [0.717, 1.165) is 4.47 Å². The molecule has 0 amide bonds. The second-order valence-corrected chi connectivity index (χ2v) is 4.57. The van der Waals surface area contributed by atoms with E-state index in [0.29, 0.717) is 23.3 Å². The fourth-order valence-corrected chi connectivity index (χ4v) is 1.95. The van der Waals surface area contributed by atoms with E-state index in [1.165, 1.54) is 0 Å². The van der Waals surface area contributed by atoms with Crippen molar-refractivity contribution in [1.82, 2.24) is 9.97 Å². The van der Waals surface area contributed by atoms with Gasteiger partial charge in [-0.25, -0.2) is 4.98 Å². The summed E-state index contributed by atoms with van der Waals surface area (Å²) >= 11 is 3.29. The first-order valence-corrected chi connectivity index (χ1v) is 6.23. The molecule has 94 valence electrons. The van der Waals surface area contributed by atoms with E-state index in [4.69, 9.17) is 4.74 Å². The molecule has 0 aliphatic heterocycles. The summed E-state index contributed by atoms with van der Waals surface area (Å²) < 4.78 is 5.61. The van der Waals surface area contributed by atoms with Gasteiger partial charge in [0.15, 0.2) is 0 Å². The fraction of sp³-hybridized carbons (Fsp3) is 0.250. The van der Waals surface area contributed by atoms with Gasteiger partial charge < -0.3 is 9.72 Å². The first-order chi connectivity index (χ1) is 8.60. The first-order valence-electron chi connectivity index (χ1n) is 5.44. The zero-order chi connectivity index (χ0) is 13.1. The number of ether oxygens (including phenoxy) is 1. The van der Waals surface area contributed by atoms with Gasteiger partial charge in [-0.1, -0.05) is 15.9 Å². The predicted octanol–water partition coefficient (Wildman–Crippen LogP) is 1.79. The lowest BCUT2D eigenvalue weighted by Crippen LogP contribution is -2.16. The van der Waals surface area contributed by atoms with Crippen LogP contribution in [0, 0.1) is 0 Å². The van der Waals surface area contributed by atoms with Crippen molar-refractivity contribution in [3.05, 3.63) is 38.9 Å². The predicted molar refractivity (Wildman–Crippen MR) is 70.4 cm³/mol. The monoisotopic (exact) mass is 310 g/mol. The maximum atomic E-state index is 11.8. The molecule has 0 bridgehead atoms. The summed E-state index contributed by atoms with van der Waals surface area (Å²) in [5.41, 5.74) is 0.293. The van der Waals surface area contributed by atoms with Crippen LogP contribution in [0.15, 0.2) is 27.5 Å². The second kappa shape index (κ2) is 5.30. The molecule has 0 atom stereocenters. The van der Waals surface area contributed by atoms with Crippen LogP contribution in [-0.4, -0.2) is 22.5 Å². The SMILES string of the molecule is CCOC(=O)Cc1nc2ccc(Br)cc2c(=O)[nH]1. The molecule has 1 aromatic carbocycles. The topological polar surface area (TPSA) is 72.0 Å². The molecule has 0 spiro atoms. The van der Waals surface area contributed by atoms with Gasteiger partial charge in [0.05, 0.1) is 17.5 Å². The Kier molecular flexibility index (Phi) is 3.76. The van der Waals surface area contributed by atoms with Gasteiger partial charge in [-0.05, 0) is 25.1 Å². The number of hydrogen-bond donors (Lipinski definition) is 1. The van der Waals surface area contributed by atoms with Crippen molar-refractivity contribution < 1.29 is 9.53 Å². The number of aromatic amines is 1. The standard InChI is InChI=1S/C12H11BrN2O3/c1-2-18-11(16)6-10-14-9-4-3-7(13)5-8(9)12(17)15-10/h3-5H,2,6H2,1H3,(H,14,15,17). The van der Waals surface area contributed by atoms with Crippen molar-refractivity contribution in [2.45, 2.75) is 13.3 Å². The molecule has 1 heterocycles. The van der Waals surface area contributed by atoms with Crippen molar-refractivity contribution in [3.63, 3.8) is 0 Å². The summed E-state index contributed by atoms with van der Waals surface area (Å²) in [7, 11) is 0. The molecule has 2 rings (SSSR count). The van der Waals surface area contributed by atoms with Crippen molar-refractivity contribution in [1.29, 1.82) is 0 Å². The lowest BCUT2D eigenvalue weighted by atomic mass is 10.2. The van der Waals surface area contributed by atoms with Crippen LogP contribution in [0.25, 0.3) is 10.9 Å². The van der Waals surface area contributed by atoms with Gasteiger partial charge in [-0.15, -0.1) is 0 Å². The molecule has 0 saturated carbocycles. The molecule has 0 aliphatic carbocycles. The van der Waals surface area contributed by atoms with E-state index < -0.39 is 5.97 Å². The van der Waals surface area contributed by atoms with Crippen LogP contribution in [0.5, 0.6) is 0 Å². The van der Waals surface area contributed by atoms with Crippen molar-refractivity contribution in [2.24, 2.45) is 0 Å². The molecule has 0 aliphatic rings. The van der Waals surface area contributed by atoms with Crippen molar-refractivity contribution in [3.8, 4) is 0 Å². The third-order valence-corrected chi connectivity index (χ3v) is 2.83. The largest absolute Gasteiger partial charge is 0.466 e. The zero-order valence-electron chi connectivity index (χ0n) is 9.70. The fourth-order valence-electron chi connectivity index (χ4n) is 1.59. The Balaban J connectivity index is 2.40. The smallest absolute Gasteiger partial charge is 0.313 e. The number of aromatic nitrogens is 2. The molecule has 5 nitrogen and oxygen atoms in total. The molecule has 1 aromatic heterocycles. The van der Waals surface area contributed by atoms with E-state index in [2.05, 4.69) is 25.9 Å². The number of hydrogen-bond acceptors (Lipinski definition) is 4. The minimum atomic E-state index is -0.405. The summed E-state index contributed by atoms with van der Waals surface area (Å²) in [5.74, 6) is -0.0922. The quantitative estimate of drug-likeness (QED) is 0.877. The molecule has 6 heteroatoms. The highest BCUT2D eigenvalue weighted by atomic mass is 79.9. The molecule has 0 fully saturated rings. The highest BCUT2D eigenvalue weighted by Crippen LogP contribution is 2.15. The van der Waals surface area contributed by atoms with Gasteiger partial charge in [0, 0.05) is 4.47 Å². The van der Waals surface area contributed by atoms with Gasteiger partial charge in [0.1, 0.15) is 12.2 Å². The summed E-state index contributed by atoms with van der Waals surface area (Å²) in [6.45, 7) is 2.04. The van der Waals surface area contributed by atoms with Crippen LogP contribution in [0.4, 0.5) is 0 Å². The molecular formula is C12H11BrN2O3. The van der Waals surface area contributed by atoms with Crippen LogP contribution in [0.3, 0.4) is 0 Å². The minimum absolute atomic E-state index is 0.0327. The molecular weight excluding hydrogens is 300 g/mol. The number of halogens is 1. The van der Waals surface area contributed by atoms with Crippen molar-refractivity contribution >= 4 is 32.8 Å². The number of esters is 1. The van der Waals surface area contributed by atoms with Gasteiger partial charge in [0.25, 0.3) is 5.56 Å². The van der Waals surface area contributed by atoms with Crippen molar-refractivity contribution in [2.75, 3.05) is 6.61 Å². The van der Waals surface area contributed by atoms with E-state index in [1.807, 2.05) is 0 Å². The number of carbonyl (C=O) groups excluding carboxylic acids is 1. The average Bonchev–Trinajstić information content (AvgIpc) is 2.30. The molecule has 18 heavy (non-hydrogen) atoms. The van der Waals surface area contributed by atoms with Gasteiger partial charge in [0.2, 0.25) is 0 Å². The summed E-state index contributed by atoms with van der Waals surface area (Å²) in [4.78, 5) is 29.9. The molecule has 1 N–H and O–H groups in total. The van der Waals surface area contributed by atoms with Crippen LogP contribution < -0.4 is 5.56 Å². The highest BCUT2D eigenvalue weighted by Gasteiger charge is 2.09. The summed E-state index contributed by atoms with van der Waals surface area (Å²) in [5, 5.41) is 0.483. The normalized spacial score (nSPS) is 10.6. The number of nitrogens with zero attached hydrogens (tertiary/aromatic N) is 1. The lowest BCUT2D eigenvalue weighted by Gasteiger charge is -2.03. The molecule has 0 radical (unpaired) electrons. The van der Waals surface area contributed by atoms with Gasteiger partial charge >= 0.3 is 5.97 Å². The average molecular weight is 311 g/mol. The third-order valence-electron chi connectivity index (χ3n) is 2.33. The maximum Gasteiger partial charge on any atom is 0.313 e. The molecule has 0 saturated heterocycles. The van der Waals surface area contributed by atoms with Gasteiger partial charge in [-0.2, -0.15) is 0 Å². The number of carbonyl (C=O) groups is 1. The van der Waals surface area contributed by atoms with Crippen LogP contribution >= 0.6 is 15.9 Å². The first kappa shape index (κ1) is 12.8. The number of fused-ring (bicyclic) bond motifs is 1. The maximum absolute atomic E-state index is 11.8. The van der Waals surface area contributed by atoms with Crippen LogP contribution in [0.2, 0.25) is 0 Å². The molecule has 0 unspecified atom stereocenters. The highest BCUT2D eigenvalue weighted by molar-refractivity contribution is 9.10. The Hall–Kier alpha value is -1.69. The lowest BCUT2D eigenvalue weighted by molar-refractivity contribution is -0.142. The van der Waals surface area contributed by atoms with Gasteiger partial charge in [-0.3, -0.25) is 9.59 Å². The van der Waals surface area contributed by atoms with E-state index in [9.17, 15) is 9.59 Å². The molecule has 2 aromatic rings. The Morgan fingerprint density at radius 3 is 3.00 bits per heavy atom. The van der Waals surface area contributed by atoms with E-state index in [-0.39, 0.29) is 12.0 Å².